The normalized spacial score (nSPS) is 12.4. The van der Waals surface area contributed by atoms with Crippen LogP contribution >= 0.6 is 27.3 Å². The molecule has 0 radical (unpaired) electrons. The highest BCUT2D eigenvalue weighted by Crippen LogP contribution is 2.33. The Bertz CT molecular complexity index is 571. The highest BCUT2D eigenvalue weighted by molar-refractivity contribution is 9.10. The number of hydrogen-bond acceptors (Lipinski definition) is 4. The monoisotopic (exact) mass is 354 g/mol. The first-order valence-corrected chi connectivity index (χ1v) is 8.31. The minimum atomic E-state index is 0.0705. The summed E-state index contributed by atoms with van der Waals surface area (Å²) in [4.78, 5) is 4.63. The quantitative estimate of drug-likeness (QED) is 0.838. The fourth-order valence-electron chi connectivity index (χ4n) is 2.05. The van der Waals surface area contributed by atoms with Crippen molar-refractivity contribution in [2.45, 2.75) is 26.3 Å². The summed E-state index contributed by atoms with van der Waals surface area (Å²) in [5.74, 6) is 0.884. The van der Waals surface area contributed by atoms with Gasteiger partial charge in [-0.15, -0.1) is 11.3 Å². The predicted molar refractivity (Wildman–Crippen MR) is 87.7 cm³/mol. The molecule has 0 fully saturated rings. The van der Waals surface area contributed by atoms with Gasteiger partial charge in [-0.2, -0.15) is 0 Å². The summed E-state index contributed by atoms with van der Waals surface area (Å²) in [6.07, 6.45) is 1.08. The molecule has 0 bridgehead atoms. The maximum absolute atomic E-state index is 5.51. The number of aromatic nitrogens is 1. The van der Waals surface area contributed by atoms with Crippen LogP contribution in [-0.2, 0) is 0 Å². The third-order valence-corrected chi connectivity index (χ3v) is 4.51. The summed E-state index contributed by atoms with van der Waals surface area (Å²) in [6.45, 7) is 5.13. The van der Waals surface area contributed by atoms with Crippen molar-refractivity contribution in [3.63, 3.8) is 0 Å². The van der Waals surface area contributed by atoms with E-state index >= 15 is 0 Å². The van der Waals surface area contributed by atoms with E-state index in [0.29, 0.717) is 0 Å². The van der Waals surface area contributed by atoms with Crippen LogP contribution in [0.1, 0.15) is 35.7 Å². The van der Waals surface area contributed by atoms with Crippen molar-refractivity contribution in [2.24, 2.45) is 0 Å². The zero-order valence-electron chi connectivity index (χ0n) is 11.9. The van der Waals surface area contributed by atoms with Crippen molar-refractivity contribution in [2.75, 3.05) is 13.7 Å². The van der Waals surface area contributed by atoms with Crippen LogP contribution in [-0.4, -0.2) is 18.6 Å². The Labute approximate surface area is 132 Å². The molecule has 0 saturated heterocycles. The Hall–Kier alpha value is -0.910. The first-order chi connectivity index (χ1) is 9.65. The van der Waals surface area contributed by atoms with Gasteiger partial charge in [0, 0.05) is 21.1 Å². The van der Waals surface area contributed by atoms with Crippen LogP contribution in [0, 0.1) is 6.92 Å². The van der Waals surface area contributed by atoms with Gasteiger partial charge in [0.1, 0.15) is 10.8 Å². The van der Waals surface area contributed by atoms with Crippen molar-refractivity contribution in [1.82, 2.24) is 10.3 Å². The van der Waals surface area contributed by atoms with Gasteiger partial charge < -0.3 is 10.1 Å². The molecule has 2 rings (SSSR count). The second-order valence-electron chi connectivity index (χ2n) is 4.60. The molecule has 108 valence electrons. The van der Waals surface area contributed by atoms with Crippen LogP contribution < -0.4 is 10.1 Å². The number of nitrogens with zero attached hydrogens (tertiary/aromatic N) is 1. The lowest BCUT2D eigenvalue weighted by Gasteiger charge is -2.19. The van der Waals surface area contributed by atoms with Gasteiger partial charge in [-0.3, -0.25) is 0 Å². The summed E-state index contributed by atoms with van der Waals surface area (Å²) >= 11 is 5.22. The van der Waals surface area contributed by atoms with Crippen LogP contribution in [0.3, 0.4) is 0 Å². The molecule has 1 N–H and O–H groups in total. The predicted octanol–water partition coefficient (Wildman–Crippen LogP) is 4.31. The summed E-state index contributed by atoms with van der Waals surface area (Å²) in [5.41, 5.74) is 2.17. The summed E-state index contributed by atoms with van der Waals surface area (Å²) in [5, 5.41) is 6.72. The lowest BCUT2D eigenvalue weighted by atomic mass is 10.1. The smallest absolute Gasteiger partial charge is 0.124 e. The van der Waals surface area contributed by atoms with Gasteiger partial charge >= 0.3 is 0 Å². The number of hydrogen-bond donors (Lipinski definition) is 1. The van der Waals surface area contributed by atoms with E-state index in [1.54, 1.807) is 18.4 Å². The minimum Gasteiger partial charge on any atom is -0.496 e. The molecular formula is C15H19BrN2OS. The first-order valence-electron chi connectivity index (χ1n) is 6.64. The second kappa shape index (κ2) is 7.20. The number of benzene rings is 1. The van der Waals surface area contributed by atoms with Gasteiger partial charge in [0.25, 0.3) is 0 Å². The van der Waals surface area contributed by atoms with Crippen LogP contribution in [0.4, 0.5) is 0 Å². The van der Waals surface area contributed by atoms with Gasteiger partial charge in [0.15, 0.2) is 0 Å². The highest BCUT2D eigenvalue weighted by Gasteiger charge is 2.20. The highest BCUT2D eigenvalue weighted by atomic mass is 79.9. The number of rotatable bonds is 6. The van der Waals surface area contributed by atoms with E-state index in [1.165, 1.54) is 0 Å². The molecule has 1 unspecified atom stereocenters. The molecule has 1 aromatic heterocycles. The van der Waals surface area contributed by atoms with Crippen LogP contribution in [0.5, 0.6) is 5.75 Å². The summed E-state index contributed by atoms with van der Waals surface area (Å²) in [6, 6.07) is 6.15. The third-order valence-electron chi connectivity index (χ3n) is 2.98. The number of nitrogens with one attached hydrogen (secondary N) is 1. The zero-order valence-corrected chi connectivity index (χ0v) is 14.3. The molecule has 0 saturated carbocycles. The van der Waals surface area contributed by atoms with Gasteiger partial charge in [0.2, 0.25) is 0 Å². The molecule has 1 heterocycles. The molecule has 0 aliphatic heterocycles. The van der Waals surface area contributed by atoms with E-state index in [9.17, 15) is 0 Å². The van der Waals surface area contributed by atoms with E-state index in [0.717, 1.165) is 39.5 Å². The lowest BCUT2D eigenvalue weighted by molar-refractivity contribution is 0.403. The molecule has 5 heteroatoms. The Morgan fingerprint density at radius 1 is 1.45 bits per heavy atom. The van der Waals surface area contributed by atoms with Gasteiger partial charge in [-0.1, -0.05) is 22.9 Å². The number of ether oxygens (including phenoxy) is 1. The van der Waals surface area contributed by atoms with Crippen molar-refractivity contribution in [3.05, 3.63) is 44.3 Å². The average Bonchev–Trinajstić information content (AvgIpc) is 2.86. The average molecular weight is 355 g/mol. The Morgan fingerprint density at radius 3 is 2.85 bits per heavy atom. The molecule has 20 heavy (non-hydrogen) atoms. The topological polar surface area (TPSA) is 34.2 Å². The van der Waals surface area contributed by atoms with Crippen LogP contribution in [0.2, 0.25) is 0 Å². The van der Waals surface area contributed by atoms with Crippen LogP contribution in [0.25, 0.3) is 0 Å². The fraction of sp³-hybridized carbons (Fsp3) is 0.400. The first kappa shape index (κ1) is 15.5. The molecule has 2 aromatic rings. The lowest BCUT2D eigenvalue weighted by Crippen LogP contribution is -2.23. The maximum atomic E-state index is 5.51. The standard InChI is InChI=1S/C15H19BrN2OS/c1-4-7-17-14(15-18-10(2)9-20-15)12-8-11(16)5-6-13(12)19-3/h5-6,8-9,14,17H,4,7H2,1-3H3. The molecule has 1 aromatic carbocycles. The third kappa shape index (κ3) is 3.59. The molecule has 0 spiro atoms. The maximum Gasteiger partial charge on any atom is 0.124 e. The molecular weight excluding hydrogens is 336 g/mol. The summed E-state index contributed by atoms with van der Waals surface area (Å²) in [7, 11) is 1.71. The van der Waals surface area contributed by atoms with E-state index in [4.69, 9.17) is 4.74 Å². The number of methoxy groups -OCH3 is 1. The van der Waals surface area contributed by atoms with Crippen molar-refractivity contribution in [3.8, 4) is 5.75 Å². The molecule has 1 atom stereocenters. The van der Waals surface area contributed by atoms with E-state index in [-0.39, 0.29) is 6.04 Å². The molecule has 3 nitrogen and oxygen atoms in total. The molecule has 0 aliphatic rings. The fourth-order valence-corrected chi connectivity index (χ4v) is 3.32. The second-order valence-corrected chi connectivity index (χ2v) is 6.41. The zero-order chi connectivity index (χ0) is 14.5. The SMILES string of the molecule is CCCNC(c1nc(C)cs1)c1cc(Br)ccc1OC. The molecule has 0 amide bonds. The van der Waals surface area contributed by atoms with Gasteiger partial charge in [-0.25, -0.2) is 4.98 Å². The molecule has 0 aliphatic carbocycles. The largest absolute Gasteiger partial charge is 0.496 e. The Morgan fingerprint density at radius 2 is 2.25 bits per heavy atom. The Balaban J connectivity index is 2.42. The number of aryl methyl sites for hydroxylation is 1. The minimum absolute atomic E-state index is 0.0705. The summed E-state index contributed by atoms with van der Waals surface area (Å²) < 4.78 is 6.55. The number of thiazole rings is 1. The van der Waals surface area contributed by atoms with Crippen molar-refractivity contribution >= 4 is 27.3 Å². The van der Waals surface area contributed by atoms with Crippen molar-refractivity contribution < 1.29 is 4.74 Å². The van der Waals surface area contributed by atoms with Crippen LogP contribution in [0.15, 0.2) is 28.1 Å². The van der Waals surface area contributed by atoms with Gasteiger partial charge in [0.05, 0.1) is 13.2 Å². The number of halogens is 1. The van der Waals surface area contributed by atoms with E-state index < -0.39 is 0 Å². The van der Waals surface area contributed by atoms with Crippen molar-refractivity contribution in [1.29, 1.82) is 0 Å². The van der Waals surface area contributed by atoms with Gasteiger partial charge in [-0.05, 0) is 38.1 Å². The van der Waals surface area contributed by atoms with E-state index in [1.807, 2.05) is 19.1 Å². The Kier molecular flexibility index (Phi) is 5.57. The van der Waals surface area contributed by atoms with E-state index in [2.05, 4.69) is 44.6 Å².